The number of rotatable bonds is 7. The van der Waals surface area contributed by atoms with Gasteiger partial charge in [0.2, 0.25) is 5.91 Å². The molecule has 0 atom stereocenters. The number of amides is 1. The number of hydrogen-bond acceptors (Lipinski definition) is 4. The zero-order valence-electron chi connectivity index (χ0n) is 15.8. The lowest BCUT2D eigenvalue weighted by Crippen LogP contribution is -2.33. The first-order valence-corrected chi connectivity index (χ1v) is 10.2. The lowest BCUT2D eigenvalue weighted by atomic mass is 10.1. The highest BCUT2D eigenvalue weighted by Gasteiger charge is 2.20. The Bertz CT molecular complexity index is 1060. The minimum atomic E-state index is 0.0765. The largest absolute Gasteiger partial charge is 0.337 e. The van der Waals surface area contributed by atoms with E-state index in [1.165, 1.54) is 5.56 Å². The molecule has 0 aliphatic heterocycles. The fourth-order valence-electron chi connectivity index (χ4n) is 3.16. The van der Waals surface area contributed by atoms with Gasteiger partial charge in [0.1, 0.15) is 0 Å². The van der Waals surface area contributed by atoms with Gasteiger partial charge in [0.25, 0.3) is 0 Å². The van der Waals surface area contributed by atoms with Crippen LogP contribution in [0.1, 0.15) is 17.5 Å². The van der Waals surface area contributed by atoms with Crippen molar-refractivity contribution in [2.45, 2.75) is 26.3 Å². The van der Waals surface area contributed by atoms with E-state index in [1.807, 2.05) is 52.1 Å². The monoisotopic (exact) mass is 390 g/mol. The molecule has 0 bridgehead atoms. The van der Waals surface area contributed by atoms with E-state index in [1.54, 1.807) is 23.9 Å². The van der Waals surface area contributed by atoms with Crippen molar-refractivity contribution in [3.8, 4) is 0 Å². The van der Waals surface area contributed by atoms with Crippen LogP contribution in [0.2, 0.25) is 0 Å². The van der Waals surface area contributed by atoms with Crippen molar-refractivity contribution in [2.24, 2.45) is 0 Å². The summed E-state index contributed by atoms with van der Waals surface area (Å²) in [5.74, 6) is 0.0765. The second kappa shape index (κ2) is 8.35. The second-order valence-corrected chi connectivity index (χ2v) is 7.84. The van der Waals surface area contributed by atoms with Gasteiger partial charge in [-0.25, -0.2) is 9.97 Å². The number of fused-ring (bicyclic) bond motifs is 1. The molecule has 1 amide bonds. The van der Waals surface area contributed by atoms with Crippen molar-refractivity contribution in [2.75, 3.05) is 11.4 Å². The Morgan fingerprint density at radius 1 is 1.18 bits per heavy atom. The number of carbonyl (C=O) groups excluding carboxylic acids is 1. The van der Waals surface area contributed by atoms with Crippen LogP contribution in [-0.4, -0.2) is 27.0 Å². The van der Waals surface area contributed by atoms with Crippen LogP contribution < -0.4 is 4.90 Å². The molecule has 5 nitrogen and oxygen atoms in total. The van der Waals surface area contributed by atoms with Crippen molar-refractivity contribution in [3.63, 3.8) is 0 Å². The van der Waals surface area contributed by atoms with E-state index < -0.39 is 0 Å². The van der Waals surface area contributed by atoms with Crippen LogP contribution in [0.25, 0.3) is 10.2 Å². The number of aromatic nitrogens is 3. The molecule has 0 saturated carbocycles. The number of hydrogen-bond donors (Lipinski definition) is 0. The Morgan fingerprint density at radius 2 is 2.04 bits per heavy atom. The quantitative estimate of drug-likeness (QED) is 0.468. The van der Waals surface area contributed by atoms with Gasteiger partial charge >= 0.3 is 0 Å². The molecular weight excluding hydrogens is 368 g/mol. The number of nitrogens with zero attached hydrogens (tertiary/aromatic N) is 4. The molecule has 0 aliphatic carbocycles. The van der Waals surface area contributed by atoms with Crippen molar-refractivity contribution in [1.82, 2.24) is 14.5 Å². The van der Waals surface area contributed by atoms with E-state index in [0.717, 1.165) is 33.9 Å². The van der Waals surface area contributed by atoms with E-state index in [4.69, 9.17) is 4.98 Å². The summed E-state index contributed by atoms with van der Waals surface area (Å²) in [6.07, 6.45) is 6.73. The molecule has 0 aliphatic rings. The lowest BCUT2D eigenvalue weighted by molar-refractivity contribution is -0.118. The normalized spacial score (nSPS) is 11.0. The summed E-state index contributed by atoms with van der Waals surface area (Å²) in [5, 5.41) is 0.771. The first-order valence-electron chi connectivity index (χ1n) is 9.36. The van der Waals surface area contributed by atoms with Gasteiger partial charge in [0.15, 0.2) is 5.13 Å². The summed E-state index contributed by atoms with van der Waals surface area (Å²) >= 11 is 1.58. The zero-order valence-corrected chi connectivity index (χ0v) is 16.6. The van der Waals surface area contributed by atoms with E-state index >= 15 is 0 Å². The number of thiazole rings is 1. The summed E-state index contributed by atoms with van der Waals surface area (Å²) in [7, 11) is 0. The maximum Gasteiger partial charge on any atom is 0.233 e. The number of imidazole rings is 1. The molecular formula is C22H22N4OS. The molecule has 2 aromatic heterocycles. The molecule has 0 unspecified atom stereocenters. The standard InChI is InChI=1S/C22H22N4OS/c1-17-8-9-19-20(14-17)28-22(24-19)26(12-5-11-25-13-10-23-16-25)21(27)15-18-6-3-2-4-7-18/h2-4,6-10,13-14,16H,5,11-12,15H2,1H3. The zero-order chi connectivity index (χ0) is 19.3. The second-order valence-electron chi connectivity index (χ2n) is 6.83. The van der Waals surface area contributed by atoms with Gasteiger partial charge < -0.3 is 4.57 Å². The molecule has 28 heavy (non-hydrogen) atoms. The van der Waals surface area contributed by atoms with E-state index in [9.17, 15) is 4.79 Å². The van der Waals surface area contributed by atoms with E-state index in [-0.39, 0.29) is 5.91 Å². The SMILES string of the molecule is Cc1ccc2nc(N(CCCn3ccnc3)C(=O)Cc3ccccc3)sc2c1. The highest BCUT2D eigenvalue weighted by Crippen LogP contribution is 2.30. The van der Waals surface area contributed by atoms with E-state index in [0.29, 0.717) is 13.0 Å². The number of aryl methyl sites for hydroxylation is 2. The third-order valence-electron chi connectivity index (χ3n) is 4.62. The highest BCUT2D eigenvalue weighted by molar-refractivity contribution is 7.22. The van der Waals surface area contributed by atoms with Gasteiger partial charge in [-0.2, -0.15) is 0 Å². The van der Waals surface area contributed by atoms with Crippen molar-refractivity contribution < 1.29 is 4.79 Å². The Morgan fingerprint density at radius 3 is 2.82 bits per heavy atom. The molecule has 0 radical (unpaired) electrons. The summed E-state index contributed by atoms with van der Waals surface area (Å²) in [4.78, 5) is 23.8. The fourth-order valence-corrected chi connectivity index (χ4v) is 4.27. The van der Waals surface area contributed by atoms with E-state index in [2.05, 4.69) is 24.0 Å². The predicted octanol–water partition coefficient (Wildman–Crippen LogP) is 4.47. The predicted molar refractivity (Wildman–Crippen MR) is 114 cm³/mol. The van der Waals surface area contributed by atoms with Crippen LogP contribution in [0, 0.1) is 6.92 Å². The minimum Gasteiger partial charge on any atom is -0.337 e. The third-order valence-corrected chi connectivity index (χ3v) is 5.66. The van der Waals surface area contributed by atoms with Gasteiger partial charge in [0, 0.05) is 25.5 Å². The maximum atomic E-state index is 13.1. The molecule has 0 fully saturated rings. The van der Waals surface area contributed by atoms with Gasteiger partial charge in [-0.3, -0.25) is 9.69 Å². The molecule has 4 rings (SSSR count). The molecule has 0 spiro atoms. The van der Waals surface area contributed by atoms with Crippen LogP contribution in [0.5, 0.6) is 0 Å². The number of benzene rings is 2. The molecule has 0 saturated heterocycles. The highest BCUT2D eigenvalue weighted by atomic mass is 32.1. The van der Waals surface area contributed by atoms with Crippen LogP contribution in [0.3, 0.4) is 0 Å². The maximum absolute atomic E-state index is 13.1. The molecule has 2 aromatic carbocycles. The van der Waals surface area contributed by atoms with Crippen molar-refractivity contribution in [3.05, 3.63) is 78.4 Å². The van der Waals surface area contributed by atoms with Crippen LogP contribution in [0.4, 0.5) is 5.13 Å². The molecule has 0 N–H and O–H groups in total. The van der Waals surface area contributed by atoms with Gasteiger partial charge in [-0.15, -0.1) is 0 Å². The Balaban J connectivity index is 1.56. The first kappa shape index (κ1) is 18.4. The molecule has 4 aromatic rings. The van der Waals surface area contributed by atoms with Crippen molar-refractivity contribution in [1.29, 1.82) is 0 Å². The van der Waals surface area contributed by atoms with Gasteiger partial charge in [-0.1, -0.05) is 47.7 Å². The lowest BCUT2D eigenvalue weighted by Gasteiger charge is -2.20. The molecule has 2 heterocycles. The Kier molecular flexibility index (Phi) is 5.48. The first-order chi connectivity index (χ1) is 13.7. The van der Waals surface area contributed by atoms with Crippen LogP contribution in [0.15, 0.2) is 67.3 Å². The number of carbonyl (C=O) groups is 1. The number of anilines is 1. The summed E-state index contributed by atoms with van der Waals surface area (Å²) in [6.45, 7) is 3.52. The Labute approximate surface area is 168 Å². The molecule has 142 valence electrons. The Hall–Kier alpha value is -2.99. The molecule has 6 heteroatoms. The average Bonchev–Trinajstić information content (AvgIpc) is 3.35. The van der Waals surface area contributed by atoms with Crippen molar-refractivity contribution >= 4 is 32.6 Å². The summed E-state index contributed by atoms with van der Waals surface area (Å²) in [6, 6.07) is 16.1. The van der Waals surface area contributed by atoms with Gasteiger partial charge in [0.05, 0.1) is 23.0 Å². The topological polar surface area (TPSA) is 51.0 Å². The van der Waals surface area contributed by atoms with Gasteiger partial charge in [-0.05, 0) is 36.6 Å². The fraction of sp³-hybridized carbons (Fsp3) is 0.227. The summed E-state index contributed by atoms with van der Waals surface area (Å²) in [5.41, 5.74) is 3.16. The average molecular weight is 391 g/mol. The summed E-state index contributed by atoms with van der Waals surface area (Å²) < 4.78 is 3.14. The third kappa shape index (κ3) is 4.28. The smallest absolute Gasteiger partial charge is 0.233 e. The van der Waals surface area contributed by atoms with Crippen LogP contribution in [-0.2, 0) is 17.8 Å². The van der Waals surface area contributed by atoms with Crippen LogP contribution >= 0.6 is 11.3 Å². The minimum absolute atomic E-state index is 0.0765.